The third-order valence-electron chi connectivity index (χ3n) is 5.13. The summed E-state index contributed by atoms with van der Waals surface area (Å²) in [4.78, 5) is 22.6. The van der Waals surface area contributed by atoms with Gasteiger partial charge in [0.25, 0.3) is 5.56 Å². The van der Waals surface area contributed by atoms with E-state index in [-0.39, 0.29) is 29.5 Å². The van der Waals surface area contributed by atoms with E-state index in [0.29, 0.717) is 11.3 Å². The van der Waals surface area contributed by atoms with Crippen molar-refractivity contribution in [3.63, 3.8) is 0 Å². The Kier molecular flexibility index (Phi) is 6.04. The maximum atomic E-state index is 13.7. The Bertz CT molecular complexity index is 1330. The lowest BCUT2D eigenvalue weighted by Gasteiger charge is -2.16. The van der Waals surface area contributed by atoms with Crippen LogP contribution in [0.5, 0.6) is 11.8 Å². The molecule has 6 nitrogen and oxygen atoms in total. The number of aromatic nitrogens is 3. The Morgan fingerprint density at radius 2 is 1.85 bits per heavy atom. The van der Waals surface area contributed by atoms with Crippen LogP contribution in [-0.2, 0) is 12.7 Å². The SMILES string of the molecule is CC(C)c1ccc(CNc2ccc(Oc3nc4cnccc4c(=O)[nH]3)cc2C(F)(F)F)cc1. The van der Waals surface area contributed by atoms with Crippen molar-refractivity contribution in [2.24, 2.45) is 0 Å². The average Bonchev–Trinajstić information content (AvgIpc) is 2.78. The number of rotatable bonds is 6. The zero-order valence-corrected chi connectivity index (χ0v) is 17.9. The smallest absolute Gasteiger partial charge is 0.418 e. The molecule has 9 heteroatoms. The molecule has 4 aromatic rings. The maximum absolute atomic E-state index is 13.7. The Morgan fingerprint density at radius 1 is 1.09 bits per heavy atom. The number of hydrogen-bond acceptors (Lipinski definition) is 5. The van der Waals surface area contributed by atoms with Crippen LogP contribution in [0.3, 0.4) is 0 Å². The largest absolute Gasteiger partial charge is 0.426 e. The maximum Gasteiger partial charge on any atom is 0.418 e. The standard InChI is InChI=1S/C24H21F3N4O2/c1-14(2)16-5-3-15(4-6-16)12-29-20-8-7-17(11-19(20)24(25,26)27)33-23-30-21-13-28-10-9-18(21)22(32)31-23/h3-11,13-14,29H,12H2,1-2H3,(H,30,31,32). The molecule has 4 rings (SSSR count). The van der Waals surface area contributed by atoms with Crippen LogP contribution < -0.4 is 15.6 Å². The number of benzene rings is 2. The van der Waals surface area contributed by atoms with Crippen LogP contribution in [0.25, 0.3) is 10.9 Å². The number of aromatic amines is 1. The Balaban J connectivity index is 1.57. The second-order valence-corrected chi connectivity index (χ2v) is 7.82. The van der Waals surface area contributed by atoms with E-state index in [9.17, 15) is 18.0 Å². The van der Waals surface area contributed by atoms with E-state index in [1.165, 1.54) is 30.6 Å². The molecule has 0 bridgehead atoms. The molecule has 0 aliphatic carbocycles. The van der Waals surface area contributed by atoms with Gasteiger partial charge in [0, 0.05) is 18.4 Å². The van der Waals surface area contributed by atoms with Crippen molar-refractivity contribution in [1.29, 1.82) is 0 Å². The molecule has 2 aromatic carbocycles. The summed E-state index contributed by atoms with van der Waals surface area (Å²) in [5.41, 5.74) is 0.853. The number of pyridine rings is 1. The first-order valence-electron chi connectivity index (χ1n) is 10.3. The molecule has 2 N–H and O–H groups in total. The van der Waals surface area contributed by atoms with Crippen LogP contribution in [0.2, 0.25) is 0 Å². The minimum absolute atomic E-state index is 0.0769. The molecule has 170 valence electrons. The molecule has 0 aliphatic rings. The van der Waals surface area contributed by atoms with Gasteiger partial charge in [0.05, 0.1) is 22.7 Å². The van der Waals surface area contributed by atoms with Crippen LogP contribution in [0.15, 0.2) is 65.7 Å². The van der Waals surface area contributed by atoms with Gasteiger partial charge in [0.2, 0.25) is 0 Å². The van der Waals surface area contributed by atoms with Gasteiger partial charge in [-0.15, -0.1) is 0 Å². The minimum Gasteiger partial charge on any atom is -0.426 e. The summed E-state index contributed by atoms with van der Waals surface area (Å²) in [6.07, 6.45) is -1.80. The molecule has 0 spiro atoms. The van der Waals surface area contributed by atoms with E-state index in [2.05, 4.69) is 34.1 Å². The van der Waals surface area contributed by atoms with Gasteiger partial charge in [-0.1, -0.05) is 38.1 Å². The lowest BCUT2D eigenvalue weighted by atomic mass is 10.0. The predicted molar refractivity (Wildman–Crippen MR) is 120 cm³/mol. The van der Waals surface area contributed by atoms with E-state index in [4.69, 9.17) is 4.74 Å². The molecular weight excluding hydrogens is 433 g/mol. The highest BCUT2D eigenvalue weighted by Gasteiger charge is 2.34. The molecule has 2 heterocycles. The second kappa shape index (κ2) is 8.93. The van der Waals surface area contributed by atoms with Crippen LogP contribution in [0.1, 0.15) is 36.5 Å². The van der Waals surface area contributed by atoms with E-state index < -0.39 is 17.3 Å². The number of fused-ring (bicyclic) bond motifs is 1. The highest BCUT2D eigenvalue weighted by Crippen LogP contribution is 2.38. The highest BCUT2D eigenvalue weighted by molar-refractivity contribution is 5.76. The molecule has 0 fully saturated rings. The predicted octanol–water partition coefficient (Wildman–Crippen LogP) is 5.86. The second-order valence-electron chi connectivity index (χ2n) is 7.82. The van der Waals surface area contributed by atoms with Crippen molar-refractivity contribution in [3.8, 4) is 11.8 Å². The van der Waals surface area contributed by atoms with Crippen molar-refractivity contribution in [2.45, 2.75) is 32.5 Å². The highest BCUT2D eigenvalue weighted by atomic mass is 19.4. The van der Waals surface area contributed by atoms with Crippen LogP contribution in [0.4, 0.5) is 18.9 Å². The van der Waals surface area contributed by atoms with Gasteiger partial charge >= 0.3 is 12.2 Å². The number of H-pyrrole nitrogens is 1. The summed E-state index contributed by atoms with van der Waals surface area (Å²) in [6, 6.07) is 12.5. The number of ether oxygens (including phenoxy) is 1. The first-order valence-corrected chi connectivity index (χ1v) is 10.3. The zero-order valence-electron chi connectivity index (χ0n) is 17.9. The van der Waals surface area contributed by atoms with Crippen molar-refractivity contribution in [1.82, 2.24) is 15.0 Å². The lowest BCUT2D eigenvalue weighted by Crippen LogP contribution is -2.12. The minimum atomic E-state index is -4.61. The summed E-state index contributed by atoms with van der Waals surface area (Å²) in [6.45, 7) is 4.38. The summed E-state index contributed by atoms with van der Waals surface area (Å²) < 4.78 is 46.6. The molecule has 0 radical (unpaired) electrons. The van der Waals surface area contributed by atoms with Gasteiger partial charge in [-0.25, -0.2) is 0 Å². The molecule has 0 atom stereocenters. The Labute approximate surface area is 187 Å². The van der Waals surface area contributed by atoms with Gasteiger partial charge in [0.1, 0.15) is 5.75 Å². The normalized spacial score (nSPS) is 11.7. The molecule has 0 aliphatic heterocycles. The van der Waals surface area contributed by atoms with E-state index in [1.54, 1.807) is 0 Å². The molecule has 0 saturated carbocycles. The third kappa shape index (κ3) is 5.14. The van der Waals surface area contributed by atoms with Gasteiger partial charge in [-0.3, -0.25) is 14.8 Å². The van der Waals surface area contributed by atoms with Crippen molar-refractivity contribution in [3.05, 3.63) is 88.0 Å². The molecule has 0 unspecified atom stereocenters. The quantitative estimate of drug-likeness (QED) is 0.381. The van der Waals surface area contributed by atoms with Crippen LogP contribution in [0, 0.1) is 0 Å². The van der Waals surface area contributed by atoms with Gasteiger partial charge in [-0.2, -0.15) is 18.2 Å². The van der Waals surface area contributed by atoms with Crippen molar-refractivity contribution in [2.75, 3.05) is 5.32 Å². The van der Waals surface area contributed by atoms with Crippen molar-refractivity contribution >= 4 is 16.6 Å². The number of anilines is 1. The number of hydrogen-bond donors (Lipinski definition) is 2. The van der Waals surface area contributed by atoms with Crippen molar-refractivity contribution < 1.29 is 17.9 Å². The summed E-state index contributed by atoms with van der Waals surface area (Å²) >= 11 is 0. The summed E-state index contributed by atoms with van der Waals surface area (Å²) in [5, 5.41) is 3.15. The number of halogens is 3. The summed E-state index contributed by atoms with van der Waals surface area (Å²) in [7, 11) is 0. The Morgan fingerprint density at radius 3 is 2.55 bits per heavy atom. The summed E-state index contributed by atoms with van der Waals surface area (Å²) in [5.74, 6) is 0.264. The molecule has 33 heavy (non-hydrogen) atoms. The van der Waals surface area contributed by atoms with Gasteiger partial charge in [0.15, 0.2) is 0 Å². The lowest BCUT2D eigenvalue weighted by molar-refractivity contribution is -0.137. The third-order valence-corrected chi connectivity index (χ3v) is 5.13. The number of nitrogens with one attached hydrogen (secondary N) is 2. The van der Waals surface area contributed by atoms with Gasteiger partial charge in [-0.05, 0) is 41.3 Å². The average molecular weight is 454 g/mol. The number of nitrogens with zero attached hydrogens (tertiary/aromatic N) is 2. The fourth-order valence-electron chi connectivity index (χ4n) is 3.32. The fraction of sp³-hybridized carbons (Fsp3) is 0.208. The molecule has 2 aromatic heterocycles. The molecular formula is C24H21F3N4O2. The van der Waals surface area contributed by atoms with Crippen LogP contribution in [-0.4, -0.2) is 15.0 Å². The van der Waals surface area contributed by atoms with E-state index in [1.807, 2.05) is 24.3 Å². The number of alkyl halides is 3. The molecule has 0 saturated heterocycles. The zero-order chi connectivity index (χ0) is 23.6. The first-order chi connectivity index (χ1) is 15.7. The fourth-order valence-corrected chi connectivity index (χ4v) is 3.32. The monoisotopic (exact) mass is 454 g/mol. The first kappa shape index (κ1) is 22.3. The van der Waals surface area contributed by atoms with E-state index >= 15 is 0 Å². The topological polar surface area (TPSA) is 79.9 Å². The van der Waals surface area contributed by atoms with Gasteiger partial charge < -0.3 is 10.1 Å². The molecule has 0 amide bonds. The Hall–Kier alpha value is -3.88. The van der Waals surface area contributed by atoms with E-state index in [0.717, 1.165) is 17.2 Å². The van der Waals surface area contributed by atoms with Crippen LogP contribution >= 0.6 is 0 Å².